The smallest absolute Gasteiger partial charge is 0.308 e. The lowest BCUT2D eigenvalue weighted by molar-refractivity contribution is -0.132. The van der Waals surface area contributed by atoms with Gasteiger partial charge in [0.05, 0.1) is 28.4 Å². The standard InChI is InChI=1S/C58H66N4O16/c1-39(63)75-47-21-13-43(35-51(47)71-5)17-25-55(67)59-29-11-33-61(57(69)27-19-45-15-23-49(77-41(3)65)53(37-45)73-7)31-9-10-32-62(58(70)28-20-46-16-24-50(78-42(4)66)54(38-46)74-8)34-12-30-60-56(68)26-18-44-14-22-48(76-40(2)64)52(36-44)72-6/h13-28,35-38H,9-12,29-34H2,1-8H3,(H,59,67)(H,60,68)/b25-17+,26-18+,27-19+,28-20+. The third-order valence-electron chi connectivity index (χ3n) is 11.0. The molecular formula is C58H66N4O16. The Bertz CT molecular complexity index is 2700. The zero-order chi connectivity index (χ0) is 57.0. The molecule has 4 aromatic carbocycles. The lowest BCUT2D eigenvalue weighted by atomic mass is 10.1. The predicted molar refractivity (Wildman–Crippen MR) is 291 cm³/mol. The fraction of sp³-hybridized carbons (Fsp3) is 0.310. The summed E-state index contributed by atoms with van der Waals surface area (Å²) in [7, 11) is 5.74. The number of carbonyl (C=O) groups excluding carboxylic acids is 8. The van der Waals surface area contributed by atoms with Crippen molar-refractivity contribution >= 4 is 71.8 Å². The van der Waals surface area contributed by atoms with Crippen LogP contribution in [0.2, 0.25) is 0 Å². The number of nitrogens with zero attached hydrogens (tertiary/aromatic N) is 2. The Balaban J connectivity index is 1.46. The highest BCUT2D eigenvalue weighted by Crippen LogP contribution is 2.32. The molecule has 0 aliphatic heterocycles. The van der Waals surface area contributed by atoms with Gasteiger partial charge in [0.2, 0.25) is 23.6 Å². The van der Waals surface area contributed by atoms with Crippen LogP contribution in [-0.4, -0.2) is 125 Å². The Morgan fingerprint density at radius 1 is 0.372 bits per heavy atom. The summed E-state index contributed by atoms with van der Waals surface area (Å²) >= 11 is 0. The van der Waals surface area contributed by atoms with Crippen molar-refractivity contribution in [3.8, 4) is 46.0 Å². The maximum atomic E-state index is 13.8. The van der Waals surface area contributed by atoms with Crippen LogP contribution in [0.4, 0.5) is 0 Å². The summed E-state index contributed by atoms with van der Waals surface area (Å²) in [6.07, 6.45) is 13.7. The average Bonchev–Trinajstić information content (AvgIpc) is 3.41. The fourth-order valence-corrected chi connectivity index (χ4v) is 7.35. The van der Waals surface area contributed by atoms with Crippen LogP contribution in [0, 0.1) is 0 Å². The summed E-state index contributed by atoms with van der Waals surface area (Å²) in [5, 5.41) is 5.67. The van der Waals surface area contributed by atoms with Crippen molar-refractivity contribution in [2.45, 2.75) is 53.4 Å². The van der Waals surface area contributed by atoms with Crippen LogP contribution in [0.1, 0.15) is 75.6 Å². The number of carbonyl (C=O) groups is 8. The van der Waals surface area contributed by atoms with Crippen molar-refractivity contribution in [1.29, 1.82) is 0 Å². The molecule has 0 bridgehead atoms. The SMILES string of the molecule is COc1cc(/C=C/C(=O)NCCCN(CCCCN(CCCNC(=O)/C=C/c2ccc(OC(C)=O)c(OC)c2)C(=O)/C=C/c2ccc(OC(C)=O)c(OC)c2)C(=O)/C=C/c2ccc(OC(C)=O)c(OC)c2)ccc1OC(C)=O. The maximum Gasteiger partial charge on any atom is 0.308 e. The molecule has 0 saturated carbocycles. The normalized spacial score (nSPS) is 11.0. The Labute approximate surface area is 453 Å². The van der Waals surface area contributed by atoms with E-state index in [1.807, 2.05) is 0 Å². The van der Waals surface area contributed by atoms with Gasteiger partial charge in [-0.3, -0.25) is 38.4 Å². The Kier molecular flexibility index (Phi) is 25.4. The minimum atomic E-state index is -0.518. The highest BCUT2D eigenvalue weighted by atomic mass is 16.6. The maximum absolute atomic E-state index is 13.8. The topological polar surface area (TPSA) is 241 Å². The molecule has 0 radical (unpaired) electrons. The molecule has 0 fully saturated rings. The van der Waals surface area contributed by atoms with Crippen LogP contribution in [0.25, 0.3) is 24.3 Å². The van der Waals surface area contributed by atoms with Crippen molar-refractivity contribution in [2.24, 2.45) is 0 Å². The van der Waals surface area contributed by atoms with E-state index in [9.17, 15) is 38.4 Å². The van der Waals surface area contributed by atoms with Crippen LogP contribution in [0.3, 0.4) is 0 Å². The van der Waals surface area contributed by atoms with Crippen molar-refractivity contribution in [3.05, 3.63) is 119 Å². The molecule has 20 heteroatoms. The molecule has 4 amide bonds. The van der Waals surface area contributed by atoms with Crippen molar-refractivity contribution in [1.82, 2.24) is 20.4 Å². The summed E-state index contributed by atoms with van der Waals surface area (Å²) in [5.41, 5.74) is 2.47. The molecule has 78 heavy (non-hydrogen) atoms. The summed E-state index contributed by atoms with van der Waals surface area (Å²) in [4.78, 5) is 103. The van der Waals surface area contributed by atoms with E-state index in [-0.39, 0.29) is 72.8 Å². The first kappa shape index (κ1) is 61.3. The molecule has 414 valence electrons. The first-order chi connectivity index (χ1) is 37.4. The van der Waals surface area contributed by atoms with Gasteiger partial charge in [-0.25, -0.2) is 0 Å². The van der Waals surface area contributed by atoms with Crippen LogP contribution < -0.4 is 48.5 Å². The summed E-state index contributed by atoms with van der Waals surface area (Å²) < 4.78 is 42.1. The largest absolute Gasteiger partial charge is 0.493 e. The number of amides is 4. The van der Waals surface area contributed by atoms with Gasteiger partial charge >= 0.3 is 23.9 Å². The van der Waals surface area contributed by atoms with Gasteiger partial charge in [-0.2, -0.15) is 0 Å². The number of methoxy groups -OCH3 is 4. The zero-order valence-electron chi connectivity index (χ0n) is 45.0. The molecular weight excluding hydrogens is 1010 g/mol. The van der Waals surface area contributed by atoms with Gasteiger partial charge in [0, 0.05) is 91.3 Å². The molecule has 0 unspecified atom stereocenters. The van der Waals surface area contributed by atoms with Gasteiger partial charge < -0.3 is 58.3 Å². The van der Waals surface area contributed by atoms with Crippen LogP contribution in [0.15, 0.2) is 97.1 Å². The third-order valence-corrected chi connectivity index (χ3v) is 11.0. The third kappa shape index (κ3) is 21.6. The number of nitrogens with one attached hydrogen (secondary N) is 2. The predicted octanol–water partition coefficient (Wildman–Crippen LogP) is 7.03. The molecule has 0 aliphatic carbocycles. The van der Waals surface area contributed by atoms with E-state index >= 15 is 0 Å². The van der Waals surface area contributed by atoms with Crippen molar-refractivity contribution < 1.29 is 76.3 Å². The minimum absolute atomic E-state index is 0.225. The highest BCUT2D eigenvalue weighted by molar-refractivity contribution is 5.94. The number of rotatable bonds is 29. The lowest BCUT2D eigenvalue weighted by Gasteiger charge is -2.24. The molecule has 0 saturated heterocycles. The fourth-order valence-electron chi connectivity index (χ4n) is 7.35. The van der Waals surface area contributed by atoms with Gasteiger partial charge in [-0.15, -0.1) is 0 Å². The van der Waals surface area contributed by atoms with E-state index < -0.39 is 23.9 Å². The second kappa shape index (κ2) is 32.3. The Hall–Kier alpha value is -9.20. The minimum Gasteiger partial charge on any atom is -0.493 e. The molecule has 0 aliphatic rings. The Morgan fingerprint density at radius 2 is 0.628 bits per heavy atom. The molecule has 0 spiro atoms. The zero-order valence-corrected chi connectivity index (χ0v) is 45.0. The molecule has 0 aromatic heterocycles. The summed E-state index contributed by atoms with van der Waals surface area (Å²) in [6.45, 7) is 6.70. The first-order valence-corrected chi connectivity index (χ1v) is 24.7. The molecule has 0 heterocycles. The number of benzene rings is 4. The van der Waals surface area contributed by atoms with Gasteiger partial charge in [-0.05, 0) is 121 Å². The lowest BCUT2D eigenvalue weighted by Crippen LogP contribution is -2.36. The van der Waals surface area contributed by atoms with E-state index in [1.54, 1.807) is 107 Å². The molecule has 0 atom stereocenters. The second-order valence-electron chi connectivity index (χ2n) is 17.0. The van der Waals surface area contributed by atoms with Gasteiger partial charge in [0.15, 0.2) is 46.0 Å². The highest BCUT2D eigenvalue weighted by Gasteiger charge is 2.16. The van der Waals surface area contributed by atoms with Crippen LogP contribution >= 0.6 is 0 Å². The van der Waals surface area contributed by atoms with Gasteiger partial charge in [-0.1, -0.05) is 24.3 Å². The molecule has 20 nitrogen and oxygen atoms in total. The number of hydrogen-bond acceptors (Lipinski definition) is 16. The summed E-state index contributed by atoms with van der Waals surface area (Å²) in [5.74, 6) is -1.24. The molecule has 4 aromatic rings. The van der Waals surface area contributed by atoms with E-state index in [0.29, 0.717) is 84.0 Å². The average molecular weight is 1080 g/mol. The quantitative estimate of drug-likeness (QED) is 0.0240. The summed E-state index contributed by atoms with van der Waals surface area (Å²) in [6, 6.07) is 19.4. The van der Waals surface area contributed by atoms with E-state index in [1.165, 1.54) is 80.4 Å². The van der Waals surface area contributed by atoms with E-state index in [2.05, 4.69) is 10.6 Å². The van der Waals surface area contributed by atoms with E-state index in [0.717, 1.165) is 0 Å². The number of unbranched alkanes of at least 4 members (excludes halogenated alkanes) is 1. The van der Waals surface area contributed by atoms with Crippen molar-refractivity contribution in [2.75, 3.05) is 67.7 Å². The monoisotopic (exact) mass is 1070 g/mol. The van der Waals surface area contributed by atoms with E-state index in [4.69, 9.17) is 37.9 Å². The van der Waals surface area contributed by atoms with Gasteiger partial charge in [0.25, 0.3) is 0 Å². The first-order valence-electron chi connectivity index (χ1n) is 24.7. The van der Waals surface area contributed by atoms with Crippen LogP contribution in [0.5, 0.6) is 46.0 Å². The van der Waals surface area contributed by atoms with Crippen molar-refractivity contribution in [3.63, 3.8) is 0 Å². The molecule has 2 N–H and O–H groups in total. The van der Waals surface area contributed by atoms with Gasteiger partial charge in [0.1, 0.15) is 0 Å². The molecule has 4 rings (SSSR count). The number of esters is 4. The second-order valence-corrected chi connectivity index (χ2v) is 17.0. The van der Waals surface area contributed by atoms with Crippen LogP contribution in [-0.2, 0) is 38.4 Å². The Morgan fingerprint density at radius 3 is 0.885 bits per heavy atom. The number of ether oxygens (including phenoxy) is 8. The number of hydrogen-bond donors (Lipinski definition) is 2.